The number of carbonyl (C=O) groups excluding carboxylic acids is 2. The molecule has 2 amide bonds. The van der Waals surface area contributed by atoms with Crippen molar-refractivity contribution < 1.29 is 22.8 Å². The van der Waals surface area contributed by atoms with Crippen LogP contribution in [0.3, 0.4) is 0 Å². The Morgan fingerprint density at radius 2 is 1.87 bits per heavy atom. The van der Waals surface area contributed by atoms with E-state index in [1.165, 1.54) is 0 Å². The highest BCUT2D eigenvalue weighted by Crippen LogP contribution is 2.33. The van der Waals surface area contributed by atoms with Crippen LogP contribution in [0, 0.1) is 5.92 Å². The second kappa shape index (κ2) is 8.19. The lowest BCUT2D eigenvalue weighted by Gasteiger charge is -2.12. The molecule has 0 aliphatic heterocycles. The van der Waals surface area contributed by atoms with Gasteiger partial charge in [0.1, 0.15) is 6.42 Å². The summed E-state index contributed by atoms with van der Waals surface area (Å²) in [6.45, 7) is 4.43. The van der Waals surface area contributed by atoms with Gasteiger partial charge in [0.2, 0.25) is 11.8 Å². The van der Waals surface area contributed by atoms with E-state index in [1.807, 2.05) is 13.8 Å². The Labute approximate surface area is 137 Å². The highest BCUT2D eigenvalue weighted by Gasteiger charge is 2.31. The number of rotatable bonds is 6. The Kier molecular flexibility index (Phi) is 6.87. The van der Waals surface area contributed by atoms with E-state index in [1.54, 1.807) is 0 Å². The highest BCUT2D eigenvalue weighted by atomic mass is 35.5. The lowest BCUT2D eigenvalue weighted by molar-refractivity contribution is -0.137. The molecule has 23 heavy (non-hydrogen) atoms. The maximum absolute atomic E-state index is 12.6. The minimum atomic E-state index is -4.54. The molecule has 0 radical (unpaired) electrons. The van der Waals surface area contributed by atoms with Gasteiger partial charge in [-0.2, -0.15) is 13.2 Å². The first-order valence-corrected chi connectivity index (χ1v) is 7.40. The molecule has 0 fully saturated rings. The van der Waals surface area contributed by atoms with Crippen LogP contribution in [0.1, 0.15) is 32.3 Å². The van der Waals surface area contributed by atoms with E-state index in [9.17, 15) is 22.8 Å². The number of benzene rings is 1. The standard InChI is InChI=1S/C15H18ClF3N2O2/c1-9(2)5-6-20-13(22)8-14(23)21-12-7-10(15(17,18)19)3-4-11(12)16/h3-4,7,9H,5-6,8H2,1-2H3,(H,20,22)(H,21,23). The van der Waals surface area contributed by atoms with E-state index in [2.05, 4.69) is 10.6 Å². The van der Waals surface area contributed by atoms with Crippen molar-refractivity contribution in [1.29, 1.82) is 0 Å². The van der Waals surface area contributed by atoms with Crippen molar-refractivity contribution >= 4 is 29.1 Å². The molecule has 0 saturated carbocycles. The predicted molar refractivity (Wildman–Crippen MR) is 82.2 cm³/mol. The molecule has 0 spiro atoms. The Balaban J connectivity index is 2.62. The number of halogens is 4. The molecular formula is C15H18ClF3N2O2. The molecule has 0 aliphatic rings. The lowest BCUT2D eigenvalue weighted by atomic mass is 10.1. The Hall–Kier alpha value is -1.76. The lowest BCUT2D eigenvalue weighted by Crippen LogP contribution is -2.29. The molecule has 0 heterocycles. The highest BCUT2D eigenvalue weighted by molar-refractivity contribution is 6.33. The van der Waals surface area contributed by atoms with Crippen molar-refractivity contribution in [2.24, 2.45) is 5.92 Å². The molecule has 1 aromatic carbocycles. The summed E-state index contributed by atoms with van der Waals surface area (Å²) >= 11 is 5.76. The maximum atomic E-state index is 12.6. The number of anilines is 1. The molecule has 0 bridgehead atoms. The molecule has 0 saturated heterocycles. The summed E-state index contributed by atoms with van der Waals surface area (Å²) in [5.74, 6) is -0.812. The van der Waals surface area contributed by atoms with Gasteiger partial charge in [-0.15, -0.1) is 0 Å². The summed E-state index contributed by atoms with van der Waals surface area (Å²) in [6, 6.07) is 2.59. The predicted octanol–water partition coefficient (Wildman–Crippen LogP) is 3.85. The Morgan fingerprint density at radius 3 is 2.43 bits per heavy atom. The van der Waals surface area contributed by atoms with Crippen molar-refractivity contribution in [2.75, 3.05) is 11.9 Å². The van der Waals surface area contributed by atoms with Gasteiger partial charge in [0.15, 0.2) is 0 Å². The van der Waals surface area contributed by atoms with Crippen molar-refractivity contribution in [3.05, 3.63) is 28.8 Å². The normalized spacial score (nSPS) is 11.4. The molecule has 1 aromatic rings. The van der Waals surface area contributed by atoms with Crippen LogP contribution in [0.15, 0.2) is 18.2 Å². The largest absolute Gasteiger partial charge is 0.416 e. The van der Waals surface area contributed by atoms with E-state index in [-0.39, 0.29) is 10.7 Å². The van der Waals surface area contributed by atoms with E-state index >= 15 is 0 Å². The fraction of sp³-hybridized carbons (Fsp3) is 0.467. The number of alkyl halides is 3. The van der Waals surface area contributed by atoms with Gasteiger partial charge in [0.25, 0.3) is 0 Å². The summed E-state index contributed by atoms with van der Waals surface area (Å²) < 4.78 is 37.9. The average molecular weight is 351 g/mol. The number of nitrogens with one attached hydrogen (secondary N) is 2. The zero-order valence-corrected chi connectivity index (χ0v) is 13.5. The van der Waals surface area contributed by atoms with Crippen molar-refractivity contribution in [3.8, 4) is 0 Å². The van der Waals surface area contributed by atoms with Gasteiger partial charge in [-0.25, -0.2) is 0 Å². The van der Waals surface area contributed by atoms with E-state index in [4.69, 9.17) is 11.6 Å². The van der Waals surface area contributed by atoms with Gasteiger partial charge in [-0.3, -0.25) is 9.59 Å². The van der Waals surface area contributed by atoms with E-state index in [0.717, 1.165) is 24.6 Å². The molecule has 0 aliphatic carbocycles. The molecule has 0 atom stereocenters. The van der Waals surface area contributed by atoms with Crippen LogP contribution in [-0.4, -0.2) is 18.4 Å². The smallest absolute Gasteiger partial charge is 0.356 e. The van der Waals surface area contributed by atoms with Crippen LogP contribution in [0.4, 0.5) is 18.9 Å². The Bertz CT molecular complexity index is 574. The fourth-order valence-electron chi connectivity index (χ4n) is 1.70. The van der Waals surface area contributed by atoms with Gasteiger partial charge < -0.3 is 10.6 Å². The zero-order valence-electron chi connectivity index (χ0n) is 12.8. The van der Waals surface area contributed by atoms with Gasteiger partial charge in [-0.05, 0) is 30.5 Å². The summed E-state index contributed by atoms with van der Waals surface area (Å²) in [5, 5.41) is 4.75. The first kappa shape index (κ1) is 19.3. The van der Waals surface area contributed by atoms with Crippen LogP contribution in [0.2, 0.25) is 5.02 Å². The van der Waals surface area contributed by atoms with Gasteiger partial charge in [0, 0.05) is 6.54 Å². The van der Waals surface area contributed by atoms with Gasteiger partial charge in [-0.1, -0.05) is 25.4 Å². The first-order valence-electron chi connectivity index (χ1n) is 7.03. The van der Waals surface area contributed by atoms with Gasteiger partial charge in [0.05, 0.1) is 16.3 Å². The molecule has 128 valence electrons. The molecule has 1 rings (SSSR count). The topological polar surface area (TPSA) is 58.2 Å². The van der Waals surface area contributed by atoms with E-state index in [0.29, 0.717) is 12.5 Å². The minimum absolute atomic E-state index is 0.0356. The van der Waals surface area contributed by atoms with Crippen LogP contribution in [-0.2, 0) is 15.8 Å². The van der Waals surface area contributed by atoms with Crippen LogP contribution in [0.5, 0.6) is 0 Å². The third kappa shape index (κ3) is 6.90. The van der Waals surface area contributed by atoms with Crippen molar-refractivity contribution in [2.45, 2.75) is 32.9 Å². The monoisotopic (exact) mass is 350 g/mol. The summed E-state index contributed by atoms with van der Waals surface area (Å²) in [6.07, 6.45) is -4.25. The zero-order chi connectivity index (χ0) is 17.6. The van der Waals surface area contributed by atoms with E-state index < -0.39 is 30.0 Å². The second-order valence-electron chi connectivity index (χ2n) is 5.45. The Morgan fingerprint density at radius 1 is 1.22 bits per heavy atom. The average Bonchev–Trinajstić information content (AvgIpc) is 2.39. The van der Waals surface area contributed by atoms with Crippen LogP contribution in [0.25, 0.3) is 0 Å². The molecule has 2 N–H and O–H groups in total. The molecule has 0 unspecified atom stereocenters. The van der Waals surface area contributed by atoms with Crippen LogP contribution >= 0.6 is 11.6 Å². The third-order valence-electron chi connectivity index (χ3n) is 2.93. The molecule has 4 nitrogen and oxygen atoms in total. The minimum Gasteiger partial charge on any atom is -0.356 e. The number of hydrogen-bond acceptors (Lipinski definition) is 2. The number of carbonyl (C=O) groups is 2. The summed E-state index contributed by atoms with van der Waals surface area (Å²) in [5.41, 5.74) is -1.11. The summed E-state index contributed by atoms with van der Waals surface area (Å²) in [7, 11) is 0. The fourth-order valence-corrected chi connectivity index (χ4v) is 1.87. The quantitative estimate of drug-likeness (QED) is 0.766. The van der Waals surface area contributed by atoms with Crippen LogP contribution < -0.4 is 10.6 Å². The molecule has 8 heteroatoms. The number of hydrogen-bond donors (Lipinski definition) is 2. The molecular weight excluding hydrogens is 333 g/mol. The number of amides is 2. The molecule has 0 aromatic heterocycles. The SMILES string of the molecule is CC(C)CCNC(=O)CC(=O)Nc1cc(C(F)(F)F)ccc1Cl. The maximum Gasteiger partial charge on any atom is 0.416 e. The second-order valence-corrected chi connectivity index (χ2v) is 5.86. The van der Waals surface area contributed by atoms with Crippen molar-refractivity contribution in [3.63, 3.8) is 0 Å². The summed E-state index contributed by atoms with van der Waals surface area (Å²) in [4.78, 5) is 23.3. The van der Waals surface area contributed by atoms with Gasteiger partial charge >= 0.3 is 6.18 Å². The third-order valence-corrected chi connectivity index (χ3v) is 3.26. The van der Waals surface area contributed by atoms with Crippen molar-refractivity contribution in [1.82, 2.24) is 5.32 Å². The first-order chi connectivity index (χ1) is 10.6.